The summed E-state index contributed by atoms with van der Waals surface area (Å²) in [6, 6.07) is 19.2. The number of fused-ring (bicyclic) bond motifs is 1. The molecule has 0 radical (unpaired) electrons. The number of aromatic amines is 1. The van der Waals surface area contributed by atoms with E-state index in [9.17, 15) is 4.79 Å². The predicted octanol–water partition coefficient (Wildman–Crippen LogP) is 5.76. The quantitative estimate of drug-likeness (QED) is 0.433. The fourth-order valence-electron chi connectivity index (χ4n) is 3.56. The summed E-state index contributed by atoms with van der Waals surface area (Å²) >= 11 is 6.15. The van der Waals surface area contributed by atoms with Crippen LogP contribution in [0.15, 0.2) is 60.7 Å². The minimum atomic E-state index is -0.175. The largest absolute Gasteiger partial charge is 0.363 e. The van der Waals surface area contributed by atoms with Crippen molar-refractivity contribution in [3.63, 3.8) is 0 Å². The van der Waals surface area contributed by atoms with E-state index in [0.29, 0.717) is 16.4 Å². The first kappa shape index (κ1) is 20.0. The Morgan fingerprint density at radius 3 is 2.67 bits per heavy atom. The van der Waals surface area contributed by atoms with Gasteiger partial charge in [-0.15, -0.1) is 0 Å². The molecule has 152 valence electrons. The fourth-order valence-corrected chi connectivity index (χ4v) is 3.74. The second-order valence-corrected chi connectivity index (χ2v) is 7.77. The topological polar surface area (TPSA) is 61.0 Å². The van der Waals surface area contributed by atoms with Crippen LogP contribution in [0.25, 0.3) is 22.2 Å². The molecule has 0 aliphatic heterocycles. The third-order valence-electron chi connectivity index (χ3n) is 5.06. The lowest BCUT2D eigenvalue weighted by atomic mass is 10.1. The Hall–Kier alpha value is -3.31. The van der Waals surface area contributed by atoms with Crippen LogP contribution < -0.4 is 10.2 Å². The fraction of sp³-hybridized carbons (Fsp3) is 0.167. The third-order valence-corrected chi connectivity index (χ3v) is 5.29. The van der Waals surface area contributed by atoms with Gasteiger partial charge in [0, 0.05) is 41.3 Å². The van der Waals surface area contributed by atoms with Crippen molar-refractivity contribution in [2.75, 3.05) is 24.3 Å². The van der Waals surface area contributed by atoms with Crippen molar-refractivity contribution in [2.24, 2.45) is 0 Å². The number of amides is 1. The predicted molar refractivity (Wildman–Crippen MR) is 125 cm³/mol. The van der Waals surface area contributed by atoms with Crippen LogP contribution in [0.3, 0.4) is 0 Å². The van der Waals surface area contributed by atoms with E-state index in [4.69, 9.17) is 11.6 Å². The van der Waals surface area contributed by atoms with Crippen molar-refractivity contribution in [2.45, 2.75) is 13.3 Å². The van der Waals surface area contributed by atoms with Crippen LogP contribution in [0.4, 0.5) is 11.5 Å². The number of nitrogens with one attached hydrogen (secondary N) is 2. The summed E-state index contributed by atoms with van der Waals surface area (Å²) in [7, 11) is 3.92. The molecule has 0 fully saturated rings. The van der Waals surface area contributed by atoms with E-state index in [0.717, 1.165) is 40.0 Å². The molecule has 0 saturated heterocycles. The maximum absolute atomic E-state index is 13.0. The van der Waals surface area contributed by atoms with E-state index >= 15 is 0 Å². The van der Waals surface area contributed by atoms with Gasteiger partial charge in [-0.25, -0.2) is 4.98 Å². The molecule has 1 amide bonds. The van der Waals surface area contributed by atoms with Crippen LogP contribution in [-0.4, -0.2) is 30.0 Å². The van der Waals surface area contributed by atoms with Crippen molar-refractivity contribution in [3.8, 4) is 11.3 Å². The van der Waals surface area contributed by atoms with Crippen molar-refractivity contribution < 1.29 is 4.79 Å². The van der Waals surface area contributed by atoms with Gasteiger partial charge in [-0.3, -0.25) is 4.79 Å². The number of hydrogen-bond donors (Lipinski definition) is 2. The molecule has 4 aromatic rings. The first-order valence-electron chi connectivity index (χ1n) is 9.82. The zero-order valence-corrected chi connectivity index (χ0v) is 17.9. The van der Waals surface area contributed by atoms with Gasteiger partial charge in [0.25, 0.3) is 5.91 Å². The summed E-state index contributed by atoms with van der Waals surface area (Å²) in [4.78, 5) is 22.9. The summed E-state index contributed by atoms with van der Waals surface area (Å²) in [6.45, 7) is 2.03. The highest BCUT2D eigenvalue weighted by Gasteiger charge is 2.17. The Balaban J connectivity index is 1.64. The van der Waals surface area contributed by atoms with Crippen LogP contribution in [0.2, 0.25) is 5.02 Å². The van der Waals surface area contributed by atoms with E-state index < -0.39 is 0 Å². The number of nitrogens with zero attached hydrogens (tertiary/aromatic N) is 2. The van der Waals surface area contributed by atoms with Gasteiger partial charge in [-0.05, 0) is 54.4 Å². The van der Waals surface area contributed by atoms with Gasteiger partial charge in [0.2, 0.25) is 0 Å². The molecule has 4 rings (SSSR count). The molecule has 5 nitrogen and oxygen atoms in total. The number of H-pyrrole nitrogens is 1. The first-order valence-corrected chi connectivity index (χ1v) is 10.2. The van der Waals surface area contributed by atoms with E-state index in [2.05, 4.69) is 15.3 Å². The number of aryl methyl sites for hydroxylation is 1. The van der Waals surface area contributed by atoms with Gasteiger partial charge in [-0.1, -0.05) is 36.7 Å². The summed E-state index contributed by atoms with van der Waals surface area (Å²) in [5.74, 6) is 0.706. The molecule has 30 heavy (non-hydrogen) atoms. The summed E-state index contributed by atoms with van der Waals surface area (Å²) in [5.41, 5.74) is 4.94. The summed E-state index contributed by atoms with van der Waals surface area (Å²) < 4.78 is 0. The molecule has 2 N–H and O–H groups in total. The monoisotopic (exact) mass is 418 g/mol. The number of hydrogen-bond acceptors (Lipinski definition) is 3. The van der Waals surface area contributed by atoms with Gasteiger partial charge in [0.05, 0.1) is 5.69 Å². The average molecular weight is 419 g/mol. The number of aromatic nitrogens is 2. The molecule has 2 aromatic carbocycles. The minimum Gasteiger partial charge on any atom is -0.363 e. The number of rotatable bonds is 5. The highest BCUT2D eigenvalue weighted by atomic mass is 35.5. The SMILES string of the molecule is CCc1c(C(=O)Nc2cccc(-c3cccc(N(C)C)n3)c2)[nH]c2ccc(Cl)cc12. The van der Waals surface area contributed by atoms with Crippen LogP contribution >= 0.6 is 11.6 Å². The number of halogens is 1. The standard InChI is InChI=1S/C24H23ClN4O/c1-4-18-19-14-16(25)11-12-21(19)28-23(18)24(30)26-17-8-5-7-15(13-17)20-9-6-10-22(27-20)29(2)3/h5-14,28H,4H2,1-3H3,(H,26,30). The van der Waals surface area contributed by atoms with Crippen molar-refractivity contribution in [1.29, 1.82) is 0 Å². The van der Waals surface area contributed by atoms with Crippen molar-refractivity contribution >= 4 is 39.9 Å². The highest BCUT2D eigenvalue weighted by Crippen LogP contribution is 2.28. The number of pyridine rings is 1. The molecule has 0 unspecified atom stereocenters. The van der Waals surface area contributed by atoms with Crippen molar-refractivity contribution in [3.05, 3.63) is 76.9 Å². The Kier molecular flexibility index (Phi) is 5.46. The van der Waals surface area contributed by atoms with Crippen molar-refractivity contribution in [1.82, 2.24) is 9.97 Å². The molecule has 0 bridgehead atoms. The number of benzene rings is 2. The Morgan fingerprint density at radius 1 is 1.10 bits per heavy atom. The van der Waals surface area contributed by atoms with Crippen LogP contribution in [0.5, 0.6) is 0 Å². The molecule has 0 aliphatic rings. The molecular formula is C24H23ClN4O. The molecule has 2 aromatic heterocycles. The molecule has 0 spiro atoms. The number of carbonyl (C=O) groups excluding carboxylic acids is 1. The van der Waals surface area contributed by atoms with Gasteiger partial charge >= 0.3 is 0 Å². The van der Waals surface area contributed by atoms with E-state index in [1.54, 1.807) is 0 Å². The molecule has 0 atom stereocenters. The van der Waals surface area contributed by atoms with Gasteiger partial charge < -0.3 is 15.2 Å². The van der Waals surface area contributed by atoms with E-state index in [1.807, 2.05) is 86.6 Å². The first-order chi connectivity index (χ1) is 14.5. The lowest BCUT2D eigenvalue weighted by Crippen LogP contribution is -2.14. The normalized spacial score (nSPS) is 10.9. The maximum Gasteiger partial charge on any atom is 0.272 e. The zero-order valence-electron chi connectivity index (χ0n) is 17.2. The van der Waals surface area contributed by atoms with Gasteiger partial charge in [0.1, 0.15) is 11.5 Å². The number of anilines is 2. The van der Waals surface area contributed by atoms with Crippen LogP contribution in [0, 0.1) is 0 Å². The second kappa shape index (κ2) is 8.20. The minimum absolute atomic E-state index is 0.175. The Morgan fingerprint density at radius 2 is 1.90 bits per heavy atom. The van der Waals surface area contributed by atoms with Crippen LogP contribution in [0.1, 0.15) is 23.0 Å². The lowest BCUT2D eigenvalue weighted by Gasteiger charge is -2.13. The summed E-state index contributed by atoms with van der Waals surface area (Å²) in [6.07, 6.45) is 0.727. The van der Waals surface area contributed by atoms with Crippen LogP contribution in [-0.2, 0) is 6.42 Å². The molecule has 6 heteroatoms. The zero-order chi connectivity index (χ0) is 21.3. The molecular weight excluding hydrogens is 396 g/mol. The average Bonchev–Trinajstić information content (AvgIpc) is 3.12. The lowest BCUT2D eigenvalue weighted by molar-refractivity contribution is 0.102. The molecule has 2 heterocycles. The second-order valence-electron chi connectivity index (χ2n) is 7.33. The molecule has 0 saturated carbocycles. The Bertz CT molecular complexity index is 1230. The van der Waals surface area contributed by atoms with Gasteiger partial charge in [0.15, 0.2) is 0 Å². The van der Waals surface area contributed by atoms with E-state index in [-0.39, 0.29) is 5.91 Å². The number of carbonyl (C=O) groups is 1. The maximum atomic E-state index is 13.0. The smallest absolute Gasteiger partial charge is 0.272 e. The summed E-state index contributed by atoms with van der Waals surface area (Å²) in [5, 5.41) is 4.65. The third kappa shape index (κ3) is 3.89. The molecule has 0 aliphatic carbocycles. The Labute approximate surface area is 180 Å². The highest BCUT2D eigenvalue weighted by molar-refractivity contribution is 6.31. The van der Waals surface area contributed by atoms with Gasteiger partial charge in [-0.2, -0.15) is 0 Å². The van der Waals surface area contributed by atoms with E-state index in [1.165, 1.54) is 0 Å².